The molecule has 6 nitrogen and oxygen atoms in total. The van der Waals surface area contributed by atoms with Crippen molar-refractivity contribution in [3.8, 4) is 6.07 Å². The fraction of sp³-hybridized carbons (Fsp3) is 0.462. The van der Waals surface area contributed by atoms with Crippen LogP contribution in [0.4, 0.5) is 5.69 Å². The molecule has 100 valence electrons. The molecule has 1 aromatic rings. The third-order valence-corrected chi connectivity index (χ3v) is 3.24. The lowest BCUT2D eigenvalue weighted by Crippen LogP contribution is -2.46. The largest absolute Gasteiger partial charge is 0.481 e. The molecule has 1 fully saturated rings. The van der Waals surface area contributed by atoms with Crippen molar-refractivity contribution in [2.24, 2.45) is 0 Å². The van der Waals surface area contributed by atoms with Gasteiger partial charge >= 0.3 is 5.97 Å². The molecule has 0 radical (unpaired) electrons. The maximum atomic E-state index is 10.5. The van der Waals surface area contributed by atoms with E-state index in [-0.39, 0.29) is 6.42 Å². The summed E-state index contributed by atoms with van der Waals surface area (Å²) in [4.78, 5) is 18.8. The summed E-state index contributed by atoms with van der Waals surface area (Å²) in [6.07, 6.45) is 1.83. The van der Waals surface area contributed by atoms with E-state index in [0.29, 0.717) is 12.2 Å². The highest BCUT2D eigenvalue weighted by Gasteiger charge is 2.17. The molecule has 0 aliphatic carbocycles. The number of nitriles is 1. The fourth-order valence-electron chi connectivity index (χ4n) is 2.16. The van der Waals surface area contributed by atoms with Crippen LogP contribution in [0.2, 0.25) is 0 Å². The van der Waals surface area contributed by atoms with Crippen LogP contribution in [0.15, 0.2) is 18.3 Å². The number of piperazine rings is 1. The second-order valence-electron chi connectivity index (χ2n) is 4.48. The Balaban J connectivity index is 1.89. The van der Waals surface area contributed by atoms with Gasteiger partial charge < -0.3 is 10.0 Å². The molecule has 1 N–H and O–H groups in total. The maximum absolute atomic E-state index is 10.5. The Bertz CT molecular complexity index is 490. The van der Waals surface area contributed by atoms with Gasteiger partial charge in [0.1, 0.15) is 11.8 Å². The highest BCUT2D eigenvalue weighted by atomic mass is 16.4. The number of anilines is 1. The van der Waals surface area contributed by atoms with Crippen LogP contribution in [0, 0.1) is 11.3 Å². The van der Waals surface area contributed by atoms with Crippen LogP contribution >= 0.6 is 0 Å². The molecule has 19 heavy (non-hydrogen) atoms. The summed E-state index contributed by atoms with van der Waals surface area (Å²) in [5.41, 5.74) is 1.43. The lowest BCUT2D eigenvalue weighted by atomic mass is 10.2. The van der Waals surface area contributed by atoms with Gasteiger partial charge in [0.25, 0.3) is 0 Å². The summed E-state index contributed by atoms with van der Waals surface area (Å²) >= 11 is 0. The zero-order valence-electron chi connectivity index (χ0n) is 10.6. The van der Waals surface area contributed by atoms with Gasteiger partial charge in [0.05, 0.1) is 6.42 Å². The molecule has 1 aliphatic heterocycles. The predicted molar refractivity (Wildman–Crippen MR) is 69.9 cm³/mol. The van der Waals surface area contributed by atoms with Crippen molar-refractivity contribution in [3.63, 3.8) is 0 Å². The SMILES string of the molecule is N#Cc1cc(N2CCN(CCC(=O)O)CC2)ccn1. The minimum atomic E-state index is -0.754. The summed E-state index contributed by atoms with van der Waals surface area (Å²) in [7, 11) is 0. The number of hydrogen-bond donors (Lipinski definition) is 1. The van der Waals surface area contributed by atoms with Gasteiger partial charge in [0, 0.05) is 44.6 Å². The average Bonchev–Trinajstić information content (AvgIpc) is 2.45. The van der Waals surface area contributed by atoms with Crippen molar-refractivity contribution in [1.82, 2.24) is 9.88 Å². The number of pyridine rings is 1. The minimum absolute atomic E-state index is 0.188. The van der Waals surface area contributed by atoms with Gasteiger partial charge in [-0.3, -0.25) is 9.69 Å². The Morgan fingerprint density at radius 3 is 2.79 bits per heavy atom. The second-order valence-corrected chi connectivity index (χ2v) is 4.48. The quantitative estimate of drug-likeness (QED) is 0.851. The van der Waals surface area contributed by atoms with E-state index in [4.69, 9.17) is 10.4 Å². The highest BCUT2D eigenvalue weighted by Crippen LogP contribution is 2.16. The Hall–Kier alpha value is -2.13. The number of carboxylic acids is 1. The number of aromatic nitrogens is 1. The Morgan fingerprint density at radius 1 is 1.42 bits per heavy atom. The van der Waals surface area contributed by atoms with Gasteiger partial charge in [-0.05, 0) is 12.1 Å². The average molecular weight is 260 g/mol. The van der Waals surface area contributed by atoms with E-state index < -0.39 is 5.97 Å². The molecular formula is C13H16N4O2. The molecule has 0 amide bonds. The first-order valence-corrected chi connectivity index (χ1v) is 6.24. The molecule has 0 unspecified atom stereocenters. The lowest BCUT2D eigenvalue weighted by molar-refractivity contribution is -0.137. The van der Waals surface area contributed by atoms with Crippen LogP contribution in [-0.2, 0) is 4.79 Å². The maximum Gasteiger partial charge on any atom is 0.304 e. The van der Waals surface area contributed by atoms with Crippen molar-refractivity contribution < 1.29 is 9.90 Å². The van der Waals surface area contributed by atoms with E-state index in [1.807, 2.05) is 12.1 Å². The predicted octanol–water partition coefficient (Wildman–Crippen LogP) is 0.550. The molecular weight excluding hydrogens is 244 g/mol. The Kier molecular flexibility index (Phi) is 4.31. The zero-order chi connectivity index (χ0) is 13.7. The van der Waals surface area contributed by atoms with Crippen LogP contribution in [0.25, 0.3) is 0 Å². The summed E-state index contributed by atoms with van der Waals surface area (Å²) in [6, 6.07) is 5.72. The summed E-state index contributed by atoms with van der Waals surface area (Å²) in [6.45, 7) is 3.97. The number of carbonyl (C=O) groups is 1. The first-order valence-electron chi connectivity index (χ1n) is 6.24. The van der Waals surface area contributed by atoms with E-state index in [1.54, 1.807) is 12.3 Å². The van der Waals surface area contributed by atoms with Crippen LogP contribution in [0.1, 0.15) is 12.1 Å². The number of rotatable bonds is 4. The van der Waals surface area contributed by atoms with E-state index in [1.165, 1.54) is 0 Å². The number of aliphatic carboxylic acids is 1. The molecule has 0 spiro atoms. The second kappa shape index (κ2) is 6.16. The minimum Gasteiger partial charge on any atom is -0.481 e. The van der Waals surface area contributed by atoms with Gasteiger partial charge in [-0.1, -0.05) is 0 Å². The zero-order valence-corrected chi connectivity index (χ0v) is 10.6. The standard InChI is InChI=1S/C13H16N4O2/c14-10-11-9-12(1-3-15-11)17-7-5-16(6-8-17)4-2-13(18)19/h1,3,9H,2,4-8H2,(H,18,19). The molecule has 1 aliphatic rings. The molecule has 0 atom stereocenters. The van der Waals surface area contributed by atoms with Gasteiger partial charge in [-0.2, -0.15) is 5.26 Å². The van der Waals surface area contributed by atoms with Gasteiger partial charge in [0.2, 0.25) is 0 Å². The summed E-state index contributed by atoms with van der Waals surface area (Å²) in [5, 5.41) is 17.5. The fourth-order valence-corrected chi connectivity index (χ4v) is 2.16. The third-order valence-electron chi connectivity index (χ3n) is 3.24. The molecule has 6 heteroatoms. The van der Waals surface area contributed by atoms with E-state index in [9.17, 15) is 4.79 Å². The third kappa shape index (κ3) is 3.66. The molecule has 2 rings (SSSR count). The number of nitrogens with zero attached hydrogens (tertiary/aromatic N) is 4. The van der Waals surface area contributed by atoms with E-state index in [2.05, 4.69) is 14.8 Å². The smallest absolute Gasteiger partial charge is 0.304 e. The molecule has 1 aromatic heterocycles. The van der Waals surface area contributed by atoms with Crippen LogP contribution < -0.4 is 4.90 Å². The van der Waals surface area contributed by atoms with Crippen molar-refractivity contribution in [3.05, 3.63) is 24.0 Å². The summed E-state index contributed by atoms with van der Waals surface area (Å²) < 4.78 is 0. The molecule has 1 saturated heterocycles. The van der Waals surface area contributed by atoms with E-state index in [0.717, 1.165) is 31.9 Å². The summed E-state index contributed by atoms with van der Waals surface area (Å²) in [5.74, 6) is -0.754. The molecule has 0 aromatic carbocycles. The highest BCUT2D eigenvalue weighted by molar-refractivity contribution is 5.66. The topological polar surface area (TPSA) is 80.5 Å². The van der Waals surface area contributed by atoms with Gasteiger partial charge in [-0.15, -0.1) is 0 Å². The first-order chi connectivity index (χ1) is 9.19. The molecule has 0 bridgehead atoms. The molecule has 2 heterocycles. The van der Waals surface area contributed by atoms with Crippen molar-refractivity contribution >= 4 is 11.7 Å². The number of hydrogen-bond acceptors (Lipinski definition) is 5. The van der Waals surface area contributed by atoms with Crippen molar-refractivity contribution in [2.45, 2.75) is 6.42 Å². The van der Waals surface area contributed by atoms with Gasteiger partial charge in [0.15, 0.2) is 0 Å². The number of carboxylic acid groups (broad SMARTS) is 1. The molecule has 0 saturated carbocycles. The lowest BCUT2D eigenvalue weighted by Gasteiger charge is -2.35. The van der Waals surface area contributed by atoms with Crippen LogP contribution in [0.5, 0.6) is 0 Å². The van der Waals surface area contributed by atoms with Crippen LogP contribution in [-0.4, -0.2) is 53.7 Å². The normalized spacial score (nSPS) is 16.1. The van der Waals surface area contributed by atoms with Crippen molar-refractivity contribution in [1.29, 1.82) is 5.26 Å². The van der Waals surface area contributed by atoms with Gasteiger partial charge in [-0.25, -0.2) is 4.98 Å². The monoisotopic (exact) mass is 260 g/mol. The first kappa shape index (κ1) is 13.3. The van der Waals surface area contributed by atoms with E-state index >= 15 is 0 Å². The Labute approximate surface area is 111 Å². The van der Waals surface area contributed by atoms with Crippen molar-refractivity contribution in [2.75, 3.05) is 37.6 Å². The van der Waals surface area contributed by atoms with Crippen LogP contribution in [0.3, 0.4) is 0 Å². The Morgan fingerprint density at radius 2 is 2.16 bits per heavy atom.